The first-order valence-electron chi connectivity index (χ1n) is 8.43. The SMILES string of the molecule is NS(=O)(=NC(=O)Nc1cc(C(F)(F)F)cc2c1CC2)c1cnn2c1OCCC2. The number of benzene rings is 1. The number of hydrogen-bond acceptors (Lipinski definition) is 4. The molecule has 12 heteroatoms. The van der Waals surface area contributed by atoms with Crippen molar-refractivity contribution >= 4 is 21.6 Å². The number of nitrogens with one attached hydrogen (secondary N) is 1. The highest BCUT2D eigenvalue weighted by atomic mass is 32.2. The highest BCUT2D eigenvalue weighted by Crippen LogP contribution is 2.38. The molecule has 8 nitrogen and oxygen atoms in total. The fourth-order valence-corrected chi connectivity index (χ4v) is 4.17. The van der Waals surface area contributed by atoms with Crippen LogP contribution in [0.1, 0.15) is 23.1 Å². The standard InChI is InChI=1S/C16H16F3N5O3S/c17-16(18,19)10-6-9-2-3-11(9)12(7-10)22-15(25)23-28(20,26)13-8-21-24-4-1-5-27-14(13)24/h6-8H,1-5H2,(H3,20,22,23,25,26). The van der Waals surface area contributed by atoms with E-state index in [4.69, 9.17) is 9.88 Å². The minimum atomic E-state index is -4.54. The molecule has 0 radical (unpaired) electrons. The number of aryl methyl sites for hydroxylation is 2. The summed E-state index contributed by atoms with van der Waals surface area (Å²) in [6, 6.07) is 0.805. The van der Waals surface area contributed by atoms with Crippen molar-refractivity contribution in [2.75, 3.05) is 11.9 Å². The Bertz CT molecular complexity index is 1090. The molecule has 1 aliphatic carbocycles. The molecular formula is C16H16F3N5O3S. The molecule has 1 aliphatic heterocycles. The second kappa shape index (κ2) is 6.48. The molecule has 0 bridgehead atoms. The number of alkyl halides is 3. The molecule has 2 aromatic rings. The topological polar surface area (TPSA) is 112 Å². The smallest absolute Gasteiger partial charge is 0.416 e. The maximum Gasteiger partial charge on any atom is 0.416 e. The summed E-state index contributed by atoms with van der Waals surface area (Å²) in [7, 11) is -3.69. The first-order valence-corrected chi connectivity index (χ1v) is 10.0. The molecule has 3 N–H and O–H groups in total. The van der Waals surface area contributed by atoms with E-state index in [-0.39, 0.29) is 16.5 Å². The number of aromatic nitrogens is 2. The van der Waals surface area contributed by atoms with Crippen LogP contribution in [0.3, 0.4) is 0 Å². The van der Waals surface area contributed by atoms with E-state index < -0.39 is 27.7 Å². The molecule has 1 aromatic heterocycles. The molecule has 1 aromatic carbocycles. The van der Waals surface area contributed by atoms with Crippen LogP contribution in [-0.2, 0) is 35.5 Å². The number of amides is 2. The van der Waals surface area contributed by atoms with Gasteiger partial charge in [-0.25, -0.2) is 18.8 Å². The van der Waals surface area contributed by atoms with Gasteiger partial charge in [-0.15, -0.1) is 4.36 Å². The van der Waals surface area contributed by atoms with Crippen LogP contribution in [0.5, 0.6) is 5.88 Å². The molecule has 150 valence electrons. The number of anilines is 1. The molecule has 1 unspecified atom stereocenters. The Kier molecular flexibility index (Phi) is 4.34. The fourth-order valence-electron chi connectivity index (χ4n) is 3.16. The highest BCUT2D eigenvalue weighted by Gasteiger charge is 2.34. The van der Waals surface area contributed by atoms with Crippen LogP contribution in [0, 0.1) is 0 Å². The number of hydrogen-bond donors (Lipinski definition) is 2. The van der Waals surface area contributed by atoms with Crippen LogP contribution in [0.25, 0.3) is 0 Å². The van der Waals surface area contributed by atoms with E-state index in [9.17, 15) is 22.2 Å². The summed E-state index contributed by atoms with van der Waals surface area (Å²) in [5, 5.41) is 12.0. The van der Waals surface area contributed by atoms with Gasteiger partial charge in [0.15, 0.2) is 9.92 Å². The molecule has 0 saturated heterocycles. The second-order valence-electron chi connectivity index (χ2n) is 6.49. The van der Waals surface area contributed by atoms with Crippen LogP contribution in [-0.4, -0.2) is 26.6 Å². The predicted molar refractivity (Wildman–Crippen MR) is 93.2 cm³/mol. The Labute approximate surface area is 158 Å². The number of urea groups is 1. The summed E-state index contributed by atoms with van der Waals surface area (Å²) in [6.45, 7) is 0.935. The molecular weight excluding hydrogens is 399 g/mol. The molecule has 0 saturated carbocycles. The summed E-state index contributed by atoms with van der Waals surface area (Å²) in [6.07, 6.45) is -1.58. The maximum atomic E-state index is 13.0. The largest absolute Gasteiger partial charge is 0.477 e. The van der Waals surface area contributed by atoms with Crippen molar-refractivity contribution in [1.82, 2.24) is 9.78 Å². The average Bonchev–Trinajstić information content (AvgIpc) is 2.99. The molecule has 2 aliphatic rings. The van der Waals surface area contributed by atoms with Crippen LogP contribution in [0.2, 0.25) is 0 Å². The lowest BCUT2D eigenvalue weighted by Crippen LogP contribution is -2.22. The molecule has 0 fully saturated rings. The lowest BCUT2D eigenvalue weighted by molar-refractivity contribution is -0.137. The van der Waals surface area contributed by atoms with Gasteiger partial charge in [0.2, 0.25) is 5.88 Å². The zero-order chi connectivity index (χ0) is 20.1. The minimum absolute atomic E-state index is 0.00619. The number of rotatable bonds is 2. The fraction of sp³-hybridized carbons (Fsp3) is 0.375. The normalized spacial score (nSPS) is 17.4. The van der Waals surface area contributed by atoms with E-state index in [0.717, 1.165) is 18.6 Å². The van der Waals surface area contributed by atoms with Crippen molar-refractivity contribution < 1.29 is 26.9 Å². The first kappa shape index (κ1) is 18.7. The number of carbonyl (C=O) groups is 1. The summed E-state index contributed by atoms with van der Waals surface area (Å²) in [4.78, 5) is 12.2. The van der Waals surface area contributed by atoms with Gasteiger partial charge < -0.3 is 10.1 Å². The Morgan fingerprint density at radius 1 is 1.36 bits per heavy atom. The lowest BCUT2D eigenvalue weighted by atomic mass is 9.85. The number of carbonyl (C=O) groups excluding carboxylic acids is 1. The molecule has 2 amide bonds. The van der Waals surface area contributed by atoms with Gasteiger partial charge in [-0.2, -0.15) is 18.3 Å². The Hall–Kier alpha value is -2.60. The van der Waals surface area contributed by atoms with Crippen molar-refractivity contribution in [2.24, 2.45) is 9.50 Å². The Morgan fingerprint density at radius 2 is 2.14 bits per heavy atom. The molecule has 2 heterocycles. The van der Waals surface area contributed by atoms with Gasteiger partial charge in [0, 0.05) is 18.7 Å². The van der Waals surface area contributed by atoms with Crippen LogP contribution >= 0.6 is 0 Å². The van der Waals surface area contributed by atoms with E-state index in [1.165, 1.54) is 10.9 Å². The number of ether oxygens (including phenoxy) is 1. The Morgan fingerprint density at radius 3 is 2.82 bits per heavy atom. The maximum absolute atomic E-state index is 13.0. The monoisotopic (exact) mass is 415 g/mol. The van der Waals surface area contributed by atoms with E-state index in [1.54, 1.807) is 0 Å². The number of fused-ring (bicyclic) bond motifs is 2. The third-order valence-corrected chi connectivity index (χ3v) is 5.95. The second-order valence-corrected chi connectivity index (χ2v) is 8.25. The average molecular weight is 415 g/mol. The summed E-state index contributed by atoms with van der Waals surface area (Å²) >= 11 is 0. The van der Waals surface area contributed by atoms with Gasteiger partial charge >= 0.3 is 12.2 Å². The van der Waals surface area contributed by atoms with Crippen LogP contribution in [0.4, 0.5) is 23.7 Å². The third kappa shape index (κ3) is 3.33. The van der Waals surface area contributed by atoms with E-state index in [1.807, 2.05) is 0 Å². The van der Waals surface area contributed by atoms with E-state index >= 15 is 0 Å². The summed E-state index contributed by atoms with van der Waals surface area (Å²) in [5.74, 6) is 0.179. The zero-order valence-electron chi connectivity index (χ0n) is 14.5. The quantitative estimate of drug-likeness (QED) is 0.785. The Balaban J connectivity index is 1.64. The van der Waals surface area contributed by atoms with Gasteiger partial charge in [-0.05, 0) is 36.1 Å². The molecule has 28 heavy (non-hydrogen) atoms. The van der Waals surface area contributed by atoms with E-state index in [2.05, 4.69) is 14.8 Å². The highest BCUT2D eigenvalue weighted by molar-refractivity contribution is 7.91. The van der Waals surface area contributed by atoms with Crippen LogP contribution < -0.4 is 15.2 Å². The van der Waals surface area contributed by atoms with Crippen LogP contribution in [0.15, 0.2) is 27.6 Å². The van der Waals surface area contributed by atoms with Crippen molar-refractivity contribution in [3.63, 3.8) is 0 Å². The summed E-state index contributed by atoms with van der Waals surface area (Å²) in [5.41, 5.74) is 0.242. The molecule has 0 spiro atoms. The number of nitrogens with two attached hydrogens (primary N) is 1. The molecule has 1 atom stereocenters. The minimum Gasteiger partial charge on any atom is -0.477 e. The first-order chi connectivity index (χ1) is 13.1. The number of nitrogens with zero attached hydrogens (tertiary/aromatic N) is 3. The summed E-state index contributed by atoms with van der Waals surface area (Å²) < 4.78 is 62.2. The van der Waals surface area contributed by atoms with Crippen molar-refractivity contribution in [3.05, 3.63) is 35.0 Å². The van der Waals surface area contributed by atoms with Crippen molar-refractivity contribution in [2.45, 2.75) is 36.9 Å². The lowest BCUT2D eigenvalue weighted by Gasteiger charge is -2.24. The van der Waals surface area contributed by atoms with Crippen molar-refractivity contribution in [1.29, 1.82) is 0 Å². The van der Waals surface area contributed by atoms with Gasteiger partial charge in [-0.1, -0.05) is 0 Å². The van der Waals surface area contributed by atoms with Gasteiger partial charge in [0.1, 0.15) is 4.90 Å². The zero-order valence-corrected chi connectivity index (χ0v) is 15.3. The van der Waals surface area contributed by atoms with Gasteiger partial charge in [0.25, 0.3) is 0 Å². The molecule has 4 rings (SSSR count). The van der Waals surface area contributed by atoms with Crippen molar-refractivity contribution in [3.8, 4) is 5.88 Å². The van der Waals surface area contributed by atoms with Gasteiger partial charge in [0.05, 0.1) is 18.4 Å². The van der Waals surface area contributed by atoms with E-state index in [0.29, 0.717) is 37.1 Å². The third-order valence-electron chi connectivity index (χ3n) is 4.60. The van der Waals surface area contributed by atoms with Gasteiger partial charge in [-0.3, -0.25) is 0 Å². The predicted octanol–water partition coefficient (Wildman–Crippen LogP) is 2.72. The number of halogens is 3.